The number of fused-ring (bicyclic) bond motifs is 1. The maximum absolute atomic E-state index is 13.3. The van der Waals surface area contributed by atoms with E-state index in [2.05, 4.69) is 25.5 Å². The highest BCUT2D eigenvalue weighted by Gasteiger charge is 2.18. The number of nitrogens with zero attached hydrogens (tertiary/aromatic N) is 2. The van der Waals surface area contributed by atoms with E-state index in [0.29, 0.717) is 17.2 Å². The van der Waals surface area contributed by atoms with E-state index in [9.17, 15) is 9.18 Å². The van der Waals surface area contributed by atoms with E-state index in [0.717, 1.165) is 17.1 Å². The monoisotopic (exact) mass is 351 g/mol. The van der Waals surface area contributed by atoms with E-state index >= 15 is 0 Å². The summed E-state index contributed by atoms with van der Waals surface area (Å²) in [6.45, 7) is 0. The molecule has 1 amide bonds. The lowest BCUT2D eigenvalue weighted by Crippen LogP contribution is -2.13. The molecule has 0 fully saturated rings. The zero-order chi connectivity index (χ0) is 18.1. The van der Waals surface area contributed by atoms with Gasteiger partial charge in [0.25, 0.3) is 5.91 Å². The molecule has 0 aliphatic rings. The molecule has 4 rings (SSSR count). The van der Waals surface area contributed by atoms with Gasteiger partial charge >= 0.3 is 0 Å². The topological polar surface area (TPSA) is 95.7 Å². The summed E-state index contributed by atoms with van der Waals surface area (Å²) in [5, 5.41) is 9.63. The summed E-state index contributed by atoms with van der Waals surface area (Å²) in [5.41, 5.74) is 2.78. The minimum Gasteiger partial charge on any atom is -0.496 e. The summed E-state index contributed by atoms with van der Waals surface area (Å²) in [4.78, 5) is 20.2. The molecular formula is C18H14FN5O2. The normalized spacial score (nSPS) is 10.8. The molecule has 4 aromatic rings. The standard InChI is InChI=1S/C18H14FN5O2/c1-26-15-8-10(19)6-7-11(15)18(25)23-14-9-20-24-16(14)17-21-12-4-2-3-5-13(12)22-17/h2-9H,1H3,(H,20,24)(H,21,22)(H,23,25). The minimum absolute atomic E-state index is 0.149. The number of aromatic nitrogens is 4. The van der Waals surface area contributed by atoms with Crippen LogP contribution in [0.1, 0.15) is 10.4 Å². The highest BCUT2D eigenvalue weighted by molar-refractivity contribution is 6.07. The van der Waals surface area contributed by atoms with Crippen LogP contribution in [0.2, 0.25) is 0 Å². The van der Waals surface area contributed by atoms with Gasteiger partial charge in [0.05, 0.1) is 29.4 Å². The molecule has 2 aromatic carbocycles. The van der Waals surface area contributed by atoms with E-state index in [1.807, 2.05) is 24.3 Å². The predicted molar refractivity (Wildman–Crippen MR) is 94.6 cm³/mol. The highest BCUT2D eigenvalue weighted by Crippen LogP contribution is 2.27. The van der Waals surface area contributed by atoms with Gasteiger partial charge in [0, 0.05) is 12.3 Å². The number of hydrogen-bond donors (Lipinski definition) is 3. The molecule has 130 valence electrons. The van der Waals surface area contributed by atoms with Crippen molar-refractivity contribution in [2.45, 2.75) is 0 Å². The first-order valence-electron chi connectivity index (χ1n) is 7.79. The Morgan fingerprint density at radius 2 is 2.08 bits per heavy atom. The second-order valence-electron chi connectivity index (χ2n) is 5.55. The van der Waals surface area contributed by atoms with Crippen molar-refractivity contribution < 1.29 is 13.9 Å². The van der Waals surface area contributed by atoms with Gasteiger partial charge in [-0.25, -0.2) is 9.37 Å². The number of hydrogen-bond acceptors (Lipinski definition) is 4. The van der Waals surface area contributed by atoms with Crippen molar-refractivity contribution in [1.82, 2.24) is 20.2 Å². The van der Waals surface area contributed by atoms with Crippen LogP contribution in [0.15, 0.2) is 48.7 Å². The fourth-order valence-corrected chi connectivity index (χ4v) is 2.67. The molecule has 0 saturated heterocycles. The number of nitrogens with one attached hydrogen (secondary N) is 3. The molecule has 26 heavy (non-hydrogen) atoms. The van der Waals surface area contributed by atoms with E-state index in [-0.39, 0.29) is 11.3 Å². The average molecular weight is 351 g/mol. The Bertz CT molecular complexity index is 1070. The quantitative estimate of drug-likeness (QED) is 0.525. The largest absolute Gasteiger partial charge is 0.496 e. The molecule has 3 N–H and O–H groups in total. The molecule has 2 heterocycles. The Morgan fingerprint density at radius 1 is 1.23 bits per heavy atom. The van der Waals surface area contributed by atoms with Crippen LogP contribution in [0.4, 0.5) is 10.1 Å². The fourth-order valence-electron chi connectivity index (χ4n) is 2.67. The molecule has 8 heteroatoms. The Kier molecular flexibility index (Phi) is 3.85. The maximum Gasteiger partial charge on any atom is 0.259 e. The molecule has 0 unspecified atom stereocenters. The SMILES string of the molecule is COc1cc(F)ccc1C(=O)Nc1c[nH]nc1-c1nc2ccccc2[nH]1. The number of H-pyrrole nitrogens is 2. The average Bonchev–Trinajstić information content (AvgIpc) is 3.27. The number of anilines is 1. The smallest absolute Gasteiger partial charge is 0.259 e. The van der Waals surface area contributed by atoms with E-state index in [4.69, 9.17) is 4.74 Å². The molecule has 0 atom stereocenters. The number of halogens is 1. The summed E-state index contributed by atoms with van der Waals surface area (Å²) < 4.78 is 18.4. The van der Waals surface area contributed by atoms with Gasteiger partial charge in [-0.1, -0.05) is 12.1 Å². The van der Waals surface area contributed by atoms with Crippen LogP contribution in [0.25, 0.3) is 22.6 Å². The maximum atomic E-state index is 13.3. The molecule has 2 aromatic heterocycles. The van der Waals surface area contributed by atoms with Gasteiger partial charge in [0.2, 0.25) is 0 Å². The zero-order valence-electron chi connectivity index (χ0n) is 13.7. The fraction of sp³-hybridized carbons (Fsp3) is 0.0556. The predicted octanol–water partition coefficient (Wildman–Crippen LogP) is 3.35. The second-order valence-corrected chi connectivity index (χ2v) is 5.55. The molecule has 7 nitrogen and oxygen atoms in total. The van der Waals surface area contributed by atoms with Crippen molar-refractivity contribution in [3.63, 3.8) is 0 Å². The number of imidazole rings is 1. The summed E-state index contributed by atoms with van der Waals surface area (Å²) in [7, 11) is 1.38. The second kappa shape index (κ2) is 6.32. The van der Waals surface area contributed by atoms with Crippen molar-refractivity contribution in [3.05, 3.63) is 60.0 Å². The van der Waals surface area contributed by atoms with Crippen molar-refractivity contribution in [1.29, 1.82) is 0 Å². The van der Waals surface area contributed by atoms with Crippen LogP contribution in [0.3, 0.4) is 0 Å². The molecule has 0 saturated carbocycles. The van der Waals surface area contributed by atoms with Crippen molar-refractivity contribution in [2.75, 3.05) is 12.4 Å². The third-order valence-corrected chi connectivity index (χ3v) is 3.91. The molecular weight excluding hydrogens is 337 g/mol. The first-order valence-corrected chi connectivity index (χ1v) is 7.79. The van der Waals surface area contributed by atoms with Crippen LogP contribution in [0.5, 0.6) is 5.75 Å². The first-order chi connectivity index (χ1) is 12.7. The third kappa shape index (κ3) is 2.77. The van der Waals surface area contributed by atoms with Crippen LogP contribution in [0, 0.1) is 5.82 Å². The summed E-state index contributed by atoms with van der Waals surface area (Å²) in [5.74, 6) is -0.254. The number of benzene rings is 2. The van der Waals surface area contributed by atoms with Gasteiger partial charge in [-0.05, 0) is 24.3 Å². The number of aromatic amines is 2. The van der Waals surface area contributed by atoms with Crippen LogP contribution < -0.4 is 10.1 Å². The lowest BCUT2D eigenvalue weighted by molar-refractivity contribution is 0.102. The molecule has 0 radical (unpaired) electrons. The summed E-state index contributed by atoms with van der Waals surface area (Å²) >= 11 is 0. The van der Waals surface area contributed by atoms with Gasteiger partial charge < -0.3 is 15.0 Å². The Morgan fingerprint density at radius 3 is 2.88 bits per heavy atom. The van der Waals surface area contributed by atoms with Crippen molar-refractivity contribution in [2.24, 2.45) is 0 Å². The molecule has 0 spiro atoms. The van der Waals surface area contributed by atoms with Crippen molar-refractivity contribution >= 4 is 22.6 Å². The summed E-state index contributed by atoms with van der Waals surface area (Å²) in [6.07, 6.45) is 1.55. The first kappa shape index (κ1) is 15.8. The molecule has 0 aliphatic heterocycles. The van der Waals surface area contributed by atoms with Crippen LogP contribution in [-0.4, -0.2) is 33.2 Å². The van der Waals surface area contributed by atoms with E-state index < -0.39 is 11.7 Å². The number of amides is 1. The molecule has 0 bridgehead atoms. The Balaban J connectivity index is 1.66. The summed E-state index contributed by atoms with van der Waals surface area (Å²) in [6, 6.07) is 11.3. The zero-order valence-corrected chi connectivity index (χ0v) is 13.7. The number of carbonyl (C=O) groups is 1. The Hall–Kier alpha value is -3.68. The van der Waals surface area contributed by atoms with Crippen LogP contribution in [-0.2, 0) is 0 Å². The lowest BCUT2D eigenvalue weighted by Gasteiger charge is -2.09. The van der Waals surface area contributed by atoms with E-state index in [1.54, 1.807) is 6.20 Å². The number of rotatable bonds is 4. The number of para-hydroxylation sites is 2. The highest BCUT2D eigenvalue weighted by atomic mass is 19.1. The van der Waals surface area contributed by atoms with Crippen molar-refractivity contribution in [3.8, 4) is 17.3 Å². The van der Waals surface area contributed by atoms with Gasteiger partial charge in [-0.2, -0.15) is 5.10 Å². The number of ether oxygens (including phenoxy) is 1. The molecule has 0 aliphatic carbocycles. The number of methoxy groups -OCH3 is 1. The number of carbonyl (C=O) groups excluding carboxylic acids is 1. The van der Waals surface area contributed by atoms with Gasteiger partial charge in [0.1, 0.15) is 11.6 Å². The van der Waals surface area contributed by atoms with E-state index in [1.165, 1.54) is 19.2 Å². The van der Waals surface area contributed by atoms with Gasteiger partial charge in [-0.3, -0.25) is 9.89 Å². The minimum atomic E-state index is -0.482. The van der Waals surface area contributed by atoms with Crippen LogP contribution >= 0.6 is 0 Å². The lowest BCUT2D eigenvalue weighted by atomic mass is 10.1. The van der Waals surface area contributed by atoms with Gasteiger partial charge in [0.15, 0.2) is 11.5 Å². The Labute approximate surface area is 147 Å². The van der Waals surface area contributed by atoms with Gasteiger partial charge in [-0.15, -0.1) is 0 Å². The third-order valence-electron chi connectivity index (χ3n) is 3.91.